The molecule has 0 aliphatic heterocycles. The van der Waals surface area contributed by atoms with Gasteiger partial charge in [-0.05, 0) is 31.4 Å². The van der Waals surface area contributed by atoms with E-state index >= 15 is 0 Å². The lowest BCUT2D eigenvalue weighted by molar-refractivity contribution is -0.116. The normalized spacial score (nSPS) is 10.8. The second-order valence-corrected chi connectivity index (χ2v) is 7.05. The molecule has 0 atom stereocenters. The van der Waals surface area contributed by atoms with E-state index in [2.05, 4.69) is 32.7 Å². The Morgan fingerprint density at radius 1 is 1.20 bits per heavy atom. The molecule has 0 radical (unpaired) electrons. The van der Waals surface area contributed by atoms with Gasteiger partial charge in [0.1, 0.15) is 5.01 Å². The molecule has 0 saturated heterocycles. The molecule has 0 unspecified atom stereocenters. The molecule has 25 heavy (non-hydrogen) atoms. The molecule has 0 aliphatic carbocycles. The molecule has 2 heterocycles. The van der Waals surface area contributed by atoms with Crippen LogP contribution in [0, 0.1) is 13.8 Å². The predicted molar refractivity (Wildman–Crippen MR) is 98.8 cm³/mol. The maximum atomic E-state index is 12.2. The third-order valence-corrected chi connectivity index (χ3v) is 5.01. The Kier molecular flexibility index (Phi) is 5.23. The molecule has 3 aromatic rings. The Bertz CT molecular complexity index is 869. The summed E-state index contributed by atoms with van der Waals surface area (Å²) in [6, 6.07) is 10.1. The first-order valence-corrected chi connectivity index (χ1v) is 9.00. The first-order chi connectivity index (χ1) is 12.0. The van der Waals surface area contributed by atoms with Crippen molar-refractivity contribution in [3.63, 3.8) is 0 Å². The van der Waals surface area contributed by atoms with Crippen LogP contribution in [0.15, 0.2) is 30.3 Å². The maximum Gasteiger partial charge on any atom is 0.226 e. The van der Waals surface area contributed by atoms with Crippen molar-refractivity contribution in [1.29, 1.82) is 0 Å². The van der Waals surface area contributed by atoms with E-state index < -0.39 is 0 Å². The van der Waals surface area contributed by atoms with E-state index in [1.165, 1.54) is 16.9 Å². The van der Waals surface area contributed by atoms with E-state index in [9.17, 15) is 4.79 Å². The smallest absolute Gasteiger partial charge is 0.226 e. The first-order valence-electron chi connectivity index (χ1n) is 8.18. The van der Waals surface area contributed by atoms with Gasteiger partial charge in [0, 0.05) is 25.6 Å². The minimum atomic E-state index is -0.0509. The Morgan fingerprint density at radius 2 is 1.96 bits per heavy atom. The molecule has 0 aliphatic rings. The van der Waals surface area contributed by atoms with E-state index in [-0.39, 0.29) is 5.91 Å². The van der Waals surface area contributed by atoms with Crippen molar-refractivity contribution in [3.05, 3.63) is 57.9 Å². The third-order valence-electron chi connectivity index (χ3n) is 4.17. The standard InChI is InChI=1S/C18H21N5OS/c1-12-15(13(2)23(3)22-12)9-10-16(24)19-18-21-20-17(25-18)11-14-7-5-4-6-8-14/h4-8H,9-11H2,1-3H3,(H,19,21,24). The van der Waals surface area contributed by atoms with E-state index in [0.717, 1.165) is 28.4 Å². The summed E-state index contributed by atoms with van der Waals surface area (Å²) in [6.45, 7) is 3.99. The topological polar surface area (TPSA) is 72.7 Å². The van der Waals surface area contributed by atoms with Gasteiger partial charge in [-0.15, -0.1) is 10.2 Å². The number of hydrogen-bond acceptors (Lipinski definition) is 5. The van der Waals surface area contributed by atoms with Gasteiger partial charge in [-0.25, -0.2) is 0 Å². The number of amides is 1. The predicted octanol–water partition coefficient (Wildman–Crippen LogP) is 3.05. The van der Waals surface area contributed by atoms with Gasteiger partial charge in [-0.3, -0.25) is 9.48 Å². The van der Waals surface area contributed by atoms with Gasteiger partial charge in [0.2, 0.25) is 11.0 Å². The Hall–Kier alpha value is -2.54. The first kappa shape index (κ1) is 17.3. The SMILES string of the molecule is Cc1nn(C)c(C)c1CCC(=O)Nc1nnc(Cc2ccccc2)s1. The van der Waals surface area contributed by atoms with Gasteiger partial charge in [0.25, 0.3) is 0 Å². The summed E-state index contributed by atoms with van der Waals surface area (Å²) in [5.74, 6) is -0.0509. The number of carbonyl (C=O) groups is 1. The zero-order valence-corrected chi connectivity index (χ0v) is 15.4. The summed E-state index contributed by atoms with van der Waals surface area (Å²) in [5.41, 5.74) is 4.40. The third kappa shape index (κ3) is 4.30. The summed E-state index contributed by atoms with van der Waals surface area (Å²) < 4.78 is 1.85. The molecular weight excluding hydrogens is 334 g/mol. The minimum absolute atomic E-state index is 0.0509. The van der Waals surface area contributed by atoms with Crippen molar-refractivity contribution in [1.82, 2.24) is 20.0 Å². The molecule has 0 saturated carbocycles. The highest BCUT2D eigenvalue weighted by Gasteiger charge is 2.13. The number of carbonyl (C=O) groups excluding carboxylic acids is 1. The maximum absolute atomic E-state index is 12.2. The van der Waals surface area contributed by atoms with Crippen LogP contribution < -0.4 is 5.32 Å². The second-order valence-electron chi connectivity index (χ2n) is 5.98. The molecule has 1 amide bonds. The number of nitrogens with one attached hydrogen (secondary N) is 1. The van der Waals surface area contributed by atoms with Crippen LogP contribution in [-0.2, 0) is 24.7 Å². The van der Waals surface area contributed by atoms with Crippen LogP contribution in [-0.4, -0.2) is 25.9 Å². The van der Waals surface area contributed by atoms with E-state index in [0.29, 0.717) is 18.0 Å². The number of aromatic nitrogens is 4. The van der Waals surface area contributed by atoms with Gasteiger partial charge in [-0.1, -0.05) is 41.7 Å². The average molecular weight is 355 g/mol. The molecular formula is C18H21N5OS. The van der Waals surface area contributed by atoms with Crippen molar-refractivity contribution >= 4 is 22.4 Å². The number of hydrogen-bond donors (Lipinski definition) is 1. The Morgan fingerprint density at radius 3 is 2.64 bits per heavy atom. The van der Waals surface area contributed by atoms with Crippen LogP contribution >= 0.6 is 11.3 Å². The number of rotatable bonds is 6. The fourth-order valence-corrected chi connectivity index (χ4v) is 3.54. The van der Waals surface area contributed by atoms with Crippen LogP contribution in [0.25, 0.3) is 0 Å². The number of aryl methyl sites for hydroxylation is 2. The van der Waals surface area contributed by atoms with Crippen molar-refractivity contribution in [2.24, 2.45) is 7.05 Å². The van der Waals surface area contributed by atoms with Crippen LogP contribution in [0.1, 0.15) is 33.9 Å². The minimum Gasteiger partial charge on any atom is -0.301 e. The molecule has 6 nitrogen and oxygen atoms in total. The number of anilines is 1. The molecule has 7 heteroatoms. The van der Waals surface area contributed by atoms with E-state index in [4.69, 9.17) is 0 Å². The number of nitrogens with zero attached hydrogens (tertiary/aromatic N) is 4. The van der Waals surface area contributed by atoms with E-state index in [1.54, 1.807) is 0 Å². The van der Waals surface area contributed by atoms with Crippen molar-refractivity contribution in [3.8, 4) is 0 Å². The quantitative estimate of drug-likeness (QED) is 0.738. The molecule has 0 bridgehead atoms. The monoisotopic (exact) mass is 355 g/mol. The highest BCUT2D eigenvalue weighted by Crippen LogP contribution is 2.19. The molecule has 0 spiro atoms. The van der Waals surface area contributed by atoms with Gasteiger partial charge < -0.3 is 5.32 Å². The van der Waals surface area contributed by atoms with E-state index in [1.807, 2.05) is 43.8 Å². The van der Waals surface area contributed by atoms with Gasteiger partial charge in [0.05, 0.1) is 5.69 Å². The van der Waals surface area contributed by atoms with Gasteiger partial charge >= 0.3 is 0 Å². The largest absolute Gasteiger partial charge is 0.301 e. The summed E-state index contributed by atoms with van der Waals surface area (Å²) in [6.07, 6.45) is 1.80. The summed E-state index contributed by atoms with van der Waals surface area (Å²) in [7, 11) is 1.92. The summed E-state index contributed by atoms with van der Waals surface area (Å²) >= 11 is 1.42. The van der Waals surface area contributed by atoms with Crippen LogP contribution in [0.3, 0.4) is 0 Å². The molecule has 1 aromatic carbocycles. The fraction of sp³-hybridized carbons (Fsp3) is 0.333. The zero-order valence-electron chi connectivity index (χ0n) is 14.6. The highest BCUT2D eigenvalue weighted by molar-refractivity contribution is 7.15. The molecule has 0 fully saturated rings. The van der Waals surface area contributed by atoms with Crippen molar-refractivity contribution in [2.45, 2.75) is 33.1 Å². The molecule has 1 N–H and O–H groups in total. The Labute approximate surface area is 150 Å². The summed E-state index contributed by atoms with van der Waals surface area (Å²) in [4.78, 5) is 12.2. The fourth-order valence-electron chi connectivity index (χ4n) is 2.75. The second kappa shape index (κ2) is 7.57. The average Bonchev–Trinajstić information content (AvgIpc) is 3.11. The lowest BCUT2D eigenvalue weighted by Crippen LogP contribution is -2.12. The number of benzene rings is 1. The molecule has 2 aromatic heterocycles. The Balaban J connectivity index is 1.55. The lowest BCUT2D eigenvalue weighted by Gasteiger charge is -2.02. The van der Waals surface area contributed by atoms with Gasteiger partial charge in [0.15, 0.2) is 0 Å². The zero-order chi connectivity index (χ0) is 17.8. The summed E-state index contributed by atoms with van der Waals surface area (Å²) in [5, 5.41) is 16.9. The molecule has 3 rings (SSSR count). The lowest BCUT2D eigenvalue weighted by atomic mass is 10.1. The van der Waals surface area contributed by atoms with Gasteiger partial charge in [-0.2, -0.15) is 5.10 Å². The van der Waals surface area contributed by atoms with Crippen molar-refractivity contribution in [2.75, 3.05) is 5.32 Å². The van der Waals surface area contributed by atoms with Crippen molar-refractivity contribution < 1.29 is 4.79 Å². The molecule has 130 valence electrons. The van der Waals surface area contributed by atoms with Crippen LogP contribution in [0.4, 0.5) is 5.13 Å². The highest BCUT2D eigenvalue weighted by atomic mass is 32.1. The van der Waals surface area contributed by atoms with Crippen LogP contribution in [0.5, 0.6) is 0 Å². The van der Waals surface area contributed by atoms with Crippen LogP contribution in [0.2, 0.25) is 0 Å².